The molecule has 29 heavy (non-hydrogen) atoms. The number of rotatable bonds is 2. The van der Waals surface area contributed by atoms with Gasteiger partial charge in [-0.25, -0.2) is 4.39 Å². The van der Waals surface area contributed by atoms with Crippen LogP contribution in [0.5, 0.6) is 0 Å². The van der Waals surface area contributed by atoms with Crippen molar-refractivity contribution in [1.29, 1.82) is 0 Å². The van der Waals surface area contributed by atoms with Crippen LogP contribution in [-0.4, -0.2) is 42.1 Å². The third-order valence-corrected chi connectivity index (χ3v) is 5.64. The fourth-order valence-electron chi connectivity index (χ4n) is 4.11. The van der Waals surface area contributed by atoms with Gasteiger partial charge in [0.2, 0.25) is 0 Å². The molecule has 1 aliphatic rings. The normalized spacial score (nSPS) is 14.6. The fraction of sp³-hybridized carbons (Fsp3) is 0.208. The van der Waals surface area contributed by atoms with Crippen molar-refractivity contribution in [3.63, 3.8) is 0 Å². The minimum Gasteiger partial charge on any atom is -0.378 e. The van der Waals surface area contributed by atoms with E-state index in [1.807, 2.05) is 55.5 Å². The van der Waals surface area contributed by atoms with Gasteiger partial charge in [-0.3, -0.25) is 4.79 Å². The number of aryl methyl sites for hydroxylation is 1. The van der Waals surface area contributed by atoms with Crippen LogP contribution in [0.1, 0.15) is 15.9 Å². The minimum absolute atomic E-state index is 0.0408. The molecule has 0 aliphatic carbocycles. The summed E-state index contributed by atoms with van der Waals surface area (Å²) in [5.41, 5.74) is 4.55. The second kappa shape index (κ2) is 7.01. The van der Waals surface area contributed by atoms with Crippen LogP contribution in [0.2, 0.25) is 0 Å². The number of benzene rings is 3. The zero-order valence-corrected chi connectivity index (χ0v) is 16.2. The molecule has 0 atom stereocenters. The lowest BCUT2D eigenvalue weighted by Gasteiger charge is -2.26. The van der Waals surface area contributed by atoms with Gasteiger partial charge < -0.3 is 14.6 Å². The summed E-state index contributed by atoms with van der Waals surface area (Å²) in [6.07, 6.45) is 0. The molecule has 1 amide bonds. The van der Waals surface area contributed by atoms with Gasteiger partial charge in [0, 0.05) is 40.5 Å². The number of H-pyrrole nitrogens is 1. The van der Waals surface area contributed by atoms with Crippen LogP contribution >= 0.6 is 0 Å². The summed E-state index contributed by atoms with van der Waals surface area (Å²) < 4.78 is 21.0. The first kappa shape index (κ1) is 17.9. The van der Waals surface area contributed by atoms with Gasteiger partial charge in [-0.1, -0.05) is 30.3 Å². The summed E-state index contributed by atoms with van der Waals surface area (Å²) in [7, 11) is 0. The number of aromatic amines is 1. The highest BCUT2D eigenvalue weighted by molar-refractivity contribution is 6.12. The maximum absolute atomic E-state index is 15.7. The zero-order chi connectivity index (χ0) is 20.0. The van der Waals surface area contributed by atoms with E-state index in [9.17, 15) is 4.79 Å². The molecule has 0 saturated carbocycles. The summed E-state index contributed by atoms with van der Waals surface area (Å²) in [5.74, 6) is -0.306. The van der Waals surface area contributed by atoms with Crippen LogP contribution in [0.3, 0.4) is 0 Å². The summed E-state index contributed by atoms with van der Waals surface area (Å²) in [4.78, 5) is 18.0. The first-order chi connectivity index (χ1) is 14.1. The van der Waals surface area contributed by atoms with Crippen LogP contribution in [0, 0.1) is 12.7 Å². The van der Waals surface area contributed by atoms with Crippen molar-refractivity contribution in [3.05, 3.63) is 71.5 Å². The predicted octanol–water partition coefficient (Wildman–Crippen LogP) is 4.91. The standard InChI is InChI=1S/C24H21FN2O2/c1-15-13-18(16-5-3-2-4-6-16)22(25)21-19-14-17(7-8-20(19)26-23(15)21)24(28)27-9-11-29-12-10-27/h2-8,13-14,26H,9-12H2,1H3. The highest BCUT2D eigenvalue weighted by Crippen LogP contribution is 2.36. The lowest BCUT2D eigenvalue weighted by atomic mass is 9.98. The van der Waals surface area contributed by atoms with E-state index in [1.165, 1.54) is 0 Å². The molecular weight excluding hydrogens is 367 g/mol. The van der Waals surface area contributed by atoms with Gasteiger partial charge in [0.05, 0.1) is 18.7 Å². The number of carbonyl (C=O) groups is 1. The van der Waals surface area contributed by atoms with Crippen LogP contribution < -0.4 is 0 Å². The molecule has 1 aliphatic heterocycles. The number of fused-ring (bicyclic) bond motifs is 3. The summed E-state index contributed by atoms with van der Waals surface area (Å²) in [5, 5.41) is 1.27. The first-order valence-corrected chi connectivity index (χ1v) is 9.80. The fourth-order valence-corrected chi connectivity index (χ4v) is 4.11. The Labute approximate surface area is 167 Å². The van der Waals surface area contributed by atoms with Crippen LogP contribution in [-0.2, 0) is 4.74 Å². The molecule has 1 saturated heterocycles. The second-order valence-corrected chi connectivity index (χ2v) is 7.46. The Morgan fingerprint density at radius 1 is 1.07 bits per heavy atom. The second-order valence-electron chi connectivity index (χ2n) is 7.46. The molecular formula is C24H21FN2O2. The van der Waals surface area contributed by atoms with Crippen LogP contribution in [0.25, 0.3) is 32.9 Å². The molecule has 5 rings (SSSR count). The average molecular weight is 388 g/mol. The van der Waals surface area contributed by atoms with Crippen molar-refractivity contribution in [2.45, 2.75) is 6.92 Å². The molecule has 0 unspecified atom stereocenters. The zero-order valence-electron chi connectivity index (χ0n) is 16.2. The molecule has 0 spiro atoms. The molecule has 1 N–H and O–H groups in total. The molecule has 1 aromatic heterocycles. The Hall–Kier alpha value is -3.18. The highest BCUT2D eigenvalue weighted by atomic mass is 19.1. The number of carbonyl (C=O) groups excluding carboxylic acids is 1. The Morgan fingerprint density at radius 3 is 2.59 bits per heavy atom. The number of aromatic nitrogens is 1. The summed E-state index contributed by atoms with van der Waals surface area (Å²) >= 11 is 0. The number of nitrogens with zero attached hydrogens (tertiary/aromatic N) is 1. The summed E-state index contributed by atoms with van der Waals surface area (Å²) in [6.45, 7) is 4.24. The Morgan fingerprint density at radius 2 is 1.83 bits per heavy atom. The molecule has 4 nitrogen and oxygen atoms in total. The number of hydrogen-bond donors (Lipinski definition) is 1. The SMILES string of the molecule is Cc1cc(-c2ccccc2)c(F)c2c1[nH]c1ccc(C(=O)N3CCOCC3)cc12. The third kappa shape index (κ3) is 2.98. The minimum atomic E-state index is -0.265. The van der Waals surface area contributed by atoms with Gasteiger partial charge >= 0.3 is 0 Å². The number of nitrogens with one attached hydrogen (secondary N) is 1. The van der Waals surface area contributed by atoms with Crippen molar-refractivity contribution < 1.29 is 13.9 Å². The van der Waals surface area contributed by atoms with Gasteiger partial charge in [0.25, 0.3) is 5.91 Å². The monoisotopic (exact) mass is 388 g/mol. The average Bonchev–Trinajstić information content (AvgIpc) is 3.16. The van der Waals surface area contributed by atoms with Gasteiger partial charge in [0.1, 0.15) is 5.82 Å². The molecule has 0 radical (unpaired) electrons. The topological polar surface area (TPSA) is 45.3 Å². The van der Waals surface area contributed by atoms with E-state index in [4.69, 9.17) is 4.74 Å². The Balaban J connectivity index is 1.69. The maximum Gasteiger partial charge on any atom is 0.254 e. The first-order valence-electron chi connectivity index (χ1n) is 9.80. The lowest BCUT2D eigenvalue weighted by Crippen LogP contribution is -2.40. The van der Waals surface area contributed by atoms with Gasteiger partial charge in [0.15, 0.2) is 0 Å². The van der Waals surface area contributed by atoms with Gasteiger partial charge in [-0.15, -0.1) is 0 Å². The van der Waals surface area contributed by atoms with E-state index in [0.717, 1.165) is 27.5 Å². The van der Waals surface area contributed by atoms with E-state index in [1.54, 1.807) is 11.0 Å². The lowest BCUT2D eigenvalue weighted by molar-refractivity contribution is 0.0303. The number of amides is 1. The number of morpholine rings is 1. The van der Waals surface area contributed by atoms with E-state index in [2.05, 4.69) is 4.98 Å². The molecule has 2 heterocycles. The van der Waals surface area contributed by atoms with Crippen molar-refractivity contribution in [1.82, 2.24) is 9.88 Å². The van der Waals surface area contributed by atoms with Gasteiger partial charge in [-0.05, 0) is 42.3 Å². The highest BCUT2D eigenvalue weighted by Gasteiger charge is 2.21. The molecule has 0 bridgehead atoms. The maximum atomic E-state index is 15.7. The molecule has 1 fully saturated rings. The van der Waals surface area contributed by atoms with Crippen molar-refractivity contribution >= 4 is 27.7 Å². The molecule has 4 aromatic rings. The van der Waals surface area contributed by atoms with Crippen molar-refractivity contribution in [2.24, 2.45) is 0 Å². The Kier molecular flexibility index (Phi) is 4.32. The van der Waals surface area contributed by atoms with E-state index < -0.39 is 0 Å². The molecule has 3 aromatic carbocycles. The molecule has 5 heteroatoms. The quantitative estimate of drug-likeness (QED) is 0.530. The summed E-state index contributed by atoms with van der Waals surface area (Å²) in [6, 6.07) is 16.9. The van der Waals surface area contributed by atoms with Crippen LogP contribution in [0.15, 0.2) is 54.6 Å². The number of ether oxygens (including phenoxy) is 1. The van der Waals surface area contributed by atoms with Gasteiger partial charge in [-0.2, -0.15) is 0 Å². The molecule has 146 valence electrons. The van der Waals surface area contributed by atoms with Crippen molar-refractivity contribution in [2.75, 3.05) is 26.3 Å². The number of hydrogen-bond acceptors (Lipinski definition) is 2. The predicted molar refractivity (Wildman–Crippen MR) is 113 cm³/mol. The van der Waals surface area contributed by atoms with E-state index >= 15 is 4.39 Å². The van der Waals surface area contributed by atoms with E-state index in [0.29, 0.717) is 42.8 Å². The smallest absolute Gasteiger partial charge is 0.254 e. The Bertz CT molecular complexity index is 1220. The largest absolute Gasteiger partial charge is 0.378 e. The van der Waals surface area contributed by atoms with Crippen LogP contribution in [0.4, 0.5) is 4.39 Å². The van der Waals surface area contributed by atoms with E-state index in [-0.39, 0.29) is 11.7 Å². The number of halogens is 1. The van der Waals surface area contributed by atoms with Crippen molar-refractivity contribution in [3.8, 4) is 11.1 Å². The third-order valence-electron chi connectivity index (χ3n) is 5.64.